The van der Waals surface area contributed by atoms with Crippen molar-refractivity contribution in [1.29, 1.82) is 0 Å². The number of nitrogens with one attached hydrogen (secondary N) is 2. The summed E-state index contributed by atoms with van der Waals surface area (Å²) < 4.78 is 0. The molecule has 0 bridgehead atoms. The Morgan fingerprint density at radius 2 is 2.16 bits per heavy atom. The van der Waals surface area contributed by atoms with Crippen LogP contribution in [0.5, 0.6) is 0 Å². The summed E-state index contributed by atoms with van der Waals surface area (Å²) >= 11 is 13.7. The van der Waals surface area contributed by atoms with Crippen molar-refractivity contribution in [3.8, 4) is 0 Å². The average molecular weight is 313 g/mol. The third kappa shape index (κ3) is 2.71. The molecule has 1 aliphatic rings. The Kier molecular flexibility index (Phi) is 3.39. The van der Waals surface area contributed by atoms with Crippen molar-refractivity contribution in [3.05, 3.63) is 44.1 Å². The number of halogens is 2. The first kappa shape index (κ1) is 12.8. The van der Waals surface area contributed by atoms with E-state index in [-0.39, 0.29) is 5.91 Å². The number of benzene rings is 1. The van der Waals surface area contributed by atoms with E-state index in [0.29, 0.717) is 18.0 Å². The molecule has 0 fully saturated rings. The smallest absolute Gasteiger partial charge is 0.228 e. The topological polar surface area (TPSA) is 41.1 Å². The van der Waals surface area contributed by atoms with Gasteiger partial charge in [-0.2, -0.15) is 0 Å². The Bertz CT molecular complexity index is 654. The molecule has 3 rings (SSSR count). The summed E-state index contributed by atoms with van der Waals surface area (Å²) in [7, 11) is 0. The largest absolute Gasteiger partial charge is 0.379 e. The highest BCUT2D eigenvalue weighted by Crippen LogP contribution is 2.33. The zero-order valence-corrected chi connectivity index (χ0v) is 12.1. The molecule has 1 aromatic carbocycles. The van der Waals surface area contributed by atoms with Gasteiger partial charge in [0.1, 0.15) is 0 Å². The maximum absolute atomic E-state index is 11.3. The molecule has 1 aliphatic heterocycles. The SMILES string of the molecule is O=C1Cc2cc(NCc3cc(Cl)cs3)c(Cl)cc2N1. The monoisotopic (exact) mass is 312 g/mol. The van der Waals surface area contributed by atoms with Gasteiger partial charge in [0.25, 0.3) is 0 Å². The van der Waals surface area contributed by atoms with E-state index in [2.05, 4.69) is 10.6 Å². The number of hydrogen-bond donors (Lipinski definition) is 2. The van der Waals surface area contributed by atoms with Crippen LogP contribution in [0, 0.1) is 0 Å². The Labute approximate surface area is 124 Å². The molecule has 0 radical (unpaired) electrons. The minimum absolute atomic E-state index is 0.00764. The van der Waals surface area contributed by atoms with Crippen molar-refractivity contribution in [2.24, 2.45) is 0 Å². The van der Waals surface area contributed by atoms with Gasteiger partial charge in [-0.25, -0.2) is 0 Å². The number of hydrogen-bond acceptors (Lipinski definition) is 3. The molecule has 3 nitrogen and oxygen atoms in total. The van der Waals surface area contributed by atoms with Gasteiger partial charge < -0.3 is 10.6 Å². The zero-order chi connectivity index (χ0) is 13.4. The number of rotatable bonds is 3. The Morgan fingerprint density at radius 3 is 2.89 bits per heavy atom. The molecule has 1 amide bonds. The fraction of sp³-hybridized carbons (Fsp3) is 0.154. The number of carbonyl (C=O) groups is 1. The molecule has 0 aliphatic carbocycles. The second kappa shape index (κ2) is 5.04. The highest BCUT2D eigenvalue weighted by molar-refractivity contribution is 7.10. The molecule has 0 unspecified atom stereocenters. The normalized spacial score (nSPS) is 13.3. The molecule has 19 heavy (non-hydrogen) atoms. The maximum Gasteiger partial charge on any atom is 0.228 e. The van der Waals surface area contributed by atoms with Crippen LogP contribution in [0.2, 0.25) is 10.0 Å². The summed E-state index contributed by atoms with van der Waals surface area (Å²) in [4.78, 5) is 12.5. The lowest BCUT2D eigenvalue weighted by Gasteiger charge is -2.09. The molecular weight excluding hydrogens is 303 g/mol. The molecule has 1 aromatic heterocycles. The lowest BCUT2D eigenvalue weighted by Crippen LogP contribution is -2.03. The van der Waals surface area contributed by atoms with Gasteiger partial charge in [-0.05, 0) is 23.8 Å². The predicted octanol–water partition coefficient (Wildman–Crippen LogP) is 4.16. The van der Waals surface area contributed by atoms with Gasteiger partial charge in [0, 0.05) is 22.5 Å². The van der Waals surface area contributed by atoms with E-state index in [9.17, 15) is 4.79 Å². The summed E-state index contributed by atoms with van der Waals surface area (Å²) in [6.45, 7) is 0.664. The summed E-state index contributed by atoms with van der Waals surface area (Å²) in [5, 5.41) is 9.29. The summed E-state index contributed by atoms with van der Waals surface area (Å²) in [6, 6.07) is 5.63. The average Bonchev–Trinajstić information content (AvgIpc) is 2.91. The van der Waals surface area contributed by atoms with Crippen molar-refractivity contribution >= 4 is 51.8 Å². The molecule has 0 saturated heterocycles. The molecule has 6 heteroatoms. The molecule has 2 N–H and O–H groups in total. The van der Waals surface area contributed by atoms with Crippen molar-refractivity contribution in [2.45, 2.75) is 13.0 Å². The standard InChI is InChI=1S/C13H10Cl2N2OS/c14-8-3-9(19-6-8)5-16-12-1-7-2-13(18)17-11(7)4-10(12)15/h1,3-4,6,16H,2,5H2,(H,17,18). The van der Waals surface area contributed by atoms with Crippen LogP contribution in [-0.4, -0.2) is 5.91 Å². The van der Waals surface area contributed by atoms with Gasteiger partial charge in [0.05, 0.1) is 22.2 Å². The molecule has 0 spiro atoms. The molecule has 2 aromatic rings. The van der Waals surface area contributed by atoms with Crippen molar-refractivity contribution in [2.75, 3.05) is 10.6 Å². The summed E-state index contributed by atoms with van der Waals surface area (Å²) in [6.07, 6.45) is 0.409. The second-order valence-electron chi connectivity index (χ2n) is 4.30. The van der Waals surface area contributed by atoms with E-state index in [1.54, 1.807) is 17.4 Å². The number of fused-ring (bicyclic) bond motifs is 1. The van der Waals surface area contributed by atoms with Gasteiger partial charge in [-0.1, -0.05) is 23.2 Å². The van der Waals surface area contributed by atoms with Gasteiger partial charge in [-0.3, -0.25) is 4.79 Å². The first-order valence-corrected chi connectivity index (χ1v) is 7.34. The van der Waals surface area contributed by atoms with E-state index in [0.717, 1.165) is 26.8 Å². The summed E-state index contributed by atoms with van der Waals surface area (Å²) in [5.41, 5.74) is 2.61. The van der Waals surface area contributed by atoms with Crippen LogP contribution in [0.15, 0.2) is 23.6 Å². The second-order valence-corrected chi connectivity index (χ2v) is 6.14. The summed E-state index contributed by atoms with van der Waals surface area (Å²) in [5.74, 6) is 0.00764. The van der Waals surface area contributed by atoms with E-state index in [4.69, 9.17) is 23.2 Å². The minimum Gasteiger partial charge on any atom is -0.379 e. The van der Waals surface area contributed by atoms with Gasteiger partial charge in [0.15, 0.2) is 0 Å². The maximum atomic E-state index is 11.3. The van der Waals surface area contributed by atoms with E-state index >= 15 is 0 Å². The molecule has 0 saturated carbocycles. The number of carbonyl (C=O) groups excluding carboxylic acids is 1. The zero-order valence-electron chi connectivity index (χ0n) is 9.80. The van der Waals surface area contributed by atoms with E-state index in [1.807, 2.05) is 17.5 Å². The third-order valence-electron chi connectivity index (χ3n) is 2.89. The first-order valence-electron chi connectivity index (χ1n) is 5.71. The third-order valence-corrected chi connectivity index (χ3v) is 4.49. The fourth-order valence-corrected chi connectivity index (χ4v) is 3.26. The molecule has 2 heterocycles. The van der Waals surface area contributed by atoms with Crippen LogP contribution in [0.4, 0.5) is 11.4 Å². The van der Waals surface area contributed by atoms with Gasteiger partial charge in [0.2, 0.25) is 5.91 Å². The van der Waals surface area contributed by atoms with Crippen LogP contribution in [0.25, 0.3) is 0 Å². The highest BCUT2D eigenvalue weighted by Gasteiger charge is 2.19. The number of thiophene rings is 1. The Balaban J connectivity index is 1.78. The van der Waals surface area contributed by atoms with Gasteiger partial charge >= 0.3 is 0 Å². The number of amides is 1. The quantitative estimate of drug-likeness (QED) is 0.893. The van der Waals surface area contributed by atoms with E-state index in [1.165, 1.54) is 0 Å². The van der Waals surface area contributed by atoms with Crippen LogP contribution in [0.1, 0.15) is 10.4 Å². The fourth-order valence-electron chi connectivity index (χ4n) is 2.01. The molecular formula is C13H10Cl2N2OS. The van der Waals surface area contributed by atoms with E-state index < -0.39 is 0 Å². The van der Waals surface area contributed by atoms with Gasteiger partial charge in [-0.15, -0.1) is 11.3 Å². The Morgan fingerprint density at radius 1 is 1.32 bits per heavy atom. The van der Waals surface area contributed by atoms with Crippen LogP contribution in [0.3, 0.4) is 0 Å². The minimum atomic E-state index is 0.00764. The number of anilines is 2. The van der Waals surface area contributed by atoms with Crippen LogP contribution in [-0.2, 0) is 17.8 Å². The predicted molar refractivity (Wildman–Crippen MR) is 80.4 cm³/mol. The molecule has 98 valence electrons. The highest BCUT2D eigenvalue weighted by atomic mass is 35.5. The lowest BCUT2D eigenvalue weighted by molar-refractivity contribution is -0.115. The lowest BCUT2D eigenvalue weighted by atomic mass is 10.1. The van der Waals surface area contributed by atoms with Crippen molar-refractivity contribution in [1.82, 2.24) is 0 Å². The van der Waals surface area contributed by atoms with Crippen LogP contribution < -0.4 is 10.6 Å². The van der Waals surface area contributed by atoms with Crippen molar-refractivity contribution < 1.29 is 4.79 Å². The first-order chi connectivity index (χ1) is 9.11. The van der Waals surface area contributed by atoms with Crippen molar-refractivity contribution in [3.63, 3.8) is 0 Å². The van der Waals surface area contributed by atoms with Crippen LogP contribution >= 0.6 is 34.5 Å². The Hall–Kier alpha value is -1.23. The molecule has 0 atom stereocenters.